The van der Waals surface area contributed by atoms with Crippen molar-refractivity contribution in [3.8, 4) is 28.5 Å². The SMILES string of the molecule is Cc1ccc(C(=O)Nc2ccc(-c3ccccc3C#N)cc2)c(-c2cccc(N)c2C=NO)n1.O=C(O)C(F)(F)F.O=C(O)C(F)(F)F. The first kappa shape index (κ1) is 37.7. The Bertz CT molecular complexity index is 1830. The molecule has 0 aliphatic rings. The van der Waals surface area contributed by atoms with Crippen LogP contribution in [-0.2, 0) is 9.59 Å². The van der Waals surface area contributed by atoms with Gasteiger partial charge >= 0.3 is 24.3 Å². The summed E-state index contributed by atoms with van der Waals surface area (Å²) in [6.07, 6.45) is -8.94. The van der Waals surface area contributed by atoms with Crippen molar-refractivity contribution < 1.29 is 56.1 Å². The highest BCUT2D eigenvalue weighted by Gasteiger charge is 2.38. The number of carbonyl (C=O) groups is 3. The van der Waals surface area contributed by atoms with E-state index in [0.717, 1.165) is 16.8 Å². The number of halogens is 6. The fourth-order valence-corrected chi connectivity index (χ4v) is 3.70. The first-order valence-electron chi connectivity index (χ1n) is 13.0. The van der Waals surface area contributed by atoms with Crippen molar-refractivity contribution in [1.82, 2.24) is 4.98 Å². The number of aliphatic carboxylic acids is 2. The Balaban J connectivity index is 0.000000479. The van der Waals surface area contributed by atoms with E-state index in [1.54, 1.807) is 48.5 Å². The van der Waals surface area contributed by atoms with Gasteiger partial charge in [-0.15, -0.1) is 0 Å². The summed E-state index contributed by atoms with van der Waals surface area (Å²) in [5, 5.41) is 38.7. The number of aromatic nitrogens is 1. The summed E-state index contributed by atoms with van der Waals surface area (Å²) in [7, 11) is 0. The fraction of sp³-hybridized carbons (Fsp3) is 0.0968. The molecule has 0 radical (unpaired) electrons. The van der Waals surface area contributed by atoms with Crippen LogP contribution in [-0.4, -0.2) is 56.8 Å². The molecule has 0 saturated heterocycles. The van der Waals surface area contributed by atoms with Gasteiger partial charge < -0.3 is 26.5 Å². The lowest BCUT2D eigenvalue weighted by Gasteiger charge is -2.14. The van der Waals surface area contributed by atoms with E-state index in [2.05, 4.69) is 21.5 Å². The molecule has 0 fully saturated rings. The van der Waals surface area contributed by atoms with Crippen LogP contribution in [0.5, 0.6) is 0 Å². The van der Waals surface area contributed by atoms with Crippen LogP contribution in [0.3, 0.4) is 0 Å². The number of alkyl halides is 6. The number of oxime groups is 1. The van der Waals surface area contributed by atoms with Gasteiger partial charge in [0.2, 0.25) is 0 Å². The van der Waals surface area contributed by atoms with E-state index in [1.807, 2.05) is 37.3 Å². The predicted molar refractivity (Wildman–Crippen MR) is 160 cm³/mol. The number of anilines is 2. The maximum absolute atomic E-state index is 13.2. The summed E-state index contributed by atoms with van der Waals surface area (Å²) in [5.41, 5.74) is 11.9. The summed E-state index contributed by atoms with van der Waals surface area (Å²) in [5.74, 6) is -5.86. The van der Waals surface area contributed by atoms with Gasteiger partial charge in [0.1, 0.15) is 0 Å². The van der Waals surface area contributed by atoms with Crippen molar-refractivity contribution in [2.24, 2.45) is 5.16 Å². The molecule has 0 bridgehead atoms. The van der Waals surface area contributed by atoms with Gasteiger partial charge in [-0.05, 0) is 54.4 Å². The third-order valence-electron chi connectivity index (χ3n) is 5.85. The molecule has 4 aromatic rings. The Kier molecular flexibility index (Phi) is 12.8. The van der Waals surface area contributed by atoms with Gasteiger partial charge in [-0.25, -0.2) is 9.59 Å². The number of carboxylic acids is 2. The average molecular weight is 676 g/mol. The molecule has 250 valence electrons. The third-order valence-corrected chi connectivity index (χ3v) is 5.85. The largest absolute Gasteiger partial charge is 0.490 e. The normalized spacial score (nSPS) is 10.9. The second-order valence-electron chi connectivity index (χ2n) is 9.20. The molecular formula is C31H23F6N5O6. The number of benzene rings is 3. The number of nitrogens with two attached hydrogens (primary N) is 1. The smallest absolute Gasteiger partial charge is 0.475 e. The van der Waals surface area contributed by atoms with Gasteiger partial charge in [-0.2, -0.15) is 31.6 Å². The van der Waals surface area contributed by atoms with E-state index in [4.69, 9.17) is 30.7 Å². The minimum Gasteiger partial charge on any atom is -0.475 e. The average Bonchev–Trinajstić information content (AvgIpc) is 3.02. The lowest BCUT2D eigenvalue weighted by molar-refractivity contribution is -0.193. The summed E-state index contributed by atoms with van der Waals surface area (Å²) in [4.78, 5) is 35.6. The Labute approximate surface area is 267 Å². The molecule has 1 amide bonds. The second-order valence-corrected chi connectivity index (χ2v) is 9.20. The summed E-state index contributed by atoms with van der Waals surface area (Å²) >= 11 is 0. The van der Waals surface area contributed by atoms with Gasteiger partial charge in [0.25, 0.3) is 5.91 Å². The number of nitrogens with zero attached hydrogens (tertiary/aromatic N) is 3. The lowest BCUT2D eigenvalue weighted by atomic mass is 9.98. The monoisotopic (exact) mass is 675 g/mol. The zero-order chi connectivity index (χ0) is 36.2. The highest BCUT2D eigenvalue weighted by Crippen LogP contribution is 2.30. The summed E-state index contributed by atoms with van der Waals surface area (Å²) < 4.78 is 63.5. The Morgan fingerprint density at radius 1 is 0.854 bits per heavy atom. The topological polar surface area (TPSA) is 199 Å². The van der Waals surface area contributed by atoms with E-state index in [-0.39, 0.29) is 5.91 Å². The lowest BCUT2D eigenvalue weighted by Crippen LogP contribution is -2.21. The predicted octanol–water partition coefficient (Wildman–Crippen LogP) is 6.50. The molecule has 11 nitrogen and oxygen atoms in total. The molecular weight excluding hydrogens is 652 g/mol. The number of amides is 1. The van der Waals surface area contributed by atoms with Gasteiger partial charge in [-0.3, -0.25) is 9.78 Å². The molecule has 1 aromatic heterocycles. The highest BCUT2D eigenvalue weighted by molar-refractivity contribution is 6.09. The molecule has 17 heteroatoms. The van der Waals surface area contributed by atoms with Gasteiger partial charge in [0, 0.05) is 28.2 Å². The number of hydrogen-bond acceptors (Lipinski definition) is 8. The number of pyridine rings is 1. The van der Waals surface area contributed by atoms with Crippen LogP contribution in [0.2, 0.25) is 0 Å². The van der Waals surface area contributed by atoms with E-state index < -0.39 is 24.3 Å². The van der Waals surface area contributed by atoms with Crippen LogP contribution in [0, 0.1) is 18.3 Å². The van der Waals surface area contributed by atoms with Crippen LogP contribution in [0.4, 0.5) is 37.7 Å². The first-order valence-corrected chi connectivity index (χ1v) is 13.0. The number of rotatable bonds is 5. The molecule has 6 N–H and O–H groups in total. The number of aryl methyl sites for hydroxylation is 1. The van der Waals surface area contributed by atoms with E-state index in [1.165, 1.54) is 6.21 Å². The van der Waals surface area contributed by atoms with Crippen molar-refractivity contribution in [2.45, 2.75) is 19.3 Å². The Hall–Kier alpha value is -6.44. The van der Waals surface area contributed by atoms with Crippen molar-refractivity contribution in [2.75, 3.05) is 11.1 Å². The molecule has 3 aromatic carbocycles. The fourth-order valence-electron chi connectivity index (χ4n) is 3.70. The first-order chi connectivity index (χ1) is 22.4. The standard InChI is InChI=1S/C27H21N5O2.2C2HF3O2/c1-17-9-14-23(26(31-17)22-7-4-8-25(29)24(22)16-30-34)27(33)32-20-12-10-18(11-13-20)21-6-3-2-5-19(21)15-28;2*3-2(4,5)1(6)7/h2-14,16,34H,29H2,1H3,(H,32,33);2*(H,6,7). The zero-order valence-corrected chi connectivity index (χ0v) is 24.3. The van der Waals surface area contributed by atoms with Crippen LogP contribution < -0.4 is 11.1 Å². The molecule has 48 heavy (non-hydrogen) atoms. The van der Waals surface area contributed by atoms with Crippen LogP contribution in [0.15, 0.2) is 84.0 Å². The number of nitriles is 1. The van der Waals surface area contributed by atoms with E-state index in [9.17, 15) is 36.4 Å². The van der Waals surface area contributed by atoms with Gasteiger partial charge in [0.05, 0.1) is 29.1 Å². The van der Waals surface area contributed by atoms with E-state index in [0.29, 0.717) is 39.3 Å². The van der Waals surface area contributed by atoms with Crippen LogP contribution >= 0.6 is 0 Å². The molecule has 0 unspecified atom stereocenters. The molecule has 0 aliphatic carbocycles. The second kappa shape index (κ2) is 16.2. The third kappa shape index (κ3) is 10.6. The zero-order valence-electron chi connectivity index (χ0n) is 24.3. The van der Waals surface area contributed by atoms with Gasteiger partial charge in [0.15, 0.2) is 0 Å². The molecule has 1 heterocycles. The van der Waals surface area contributed by atoms with Crippen LogP contribution in [0.1, 0.15) is 27.2 Å². The Morgan fingerprint density at radius 2 is 1.40 bits per heavy atom. The number of carboxylic acid groups (broad SMARTS) is 2. The van der Waals surface area contributed by atoms with Crippen molar-refractivity contribution in [1.29, 1.82) is 5.26 Å². The minimum atomic E-state index is -5.08. The highest BCUT2D eigenvalue weighted by atomic mass is 19.4. The number of hydrogen-bond donors (Lipinski definition) is 5. The summed E-state index contributed by atoms with van der Waals surface area (Å²) in [6.45, 7) is 1.83. The summed E-state index contributed by atoms with van der Waals surface area (Å²) in [6, 6.07) is 25.5. The maximum atomic E-state index is 13.2. The van der Waals surface area contributed by atoms with Crippen LogP contribution in [0.25, 0.3) is 22.4 Å². The molecule has 0 atom stereocenters. The maximum Gasteiger partial charge on any atom is 0.490 e. The number of nitrogen functional groups attached to an aromatic ring is 1. The molecule has 0 aliphatic heterocycles. The van der Waals surface area contributed by atoms with Crippen molar-refractivity contribution >= 4 is 35.4 Å². The molecule has 0 saturated carbocycles. The molecule has 4 rings (SSSR count). The van der Waals surface area contributed by atoms with Crippen molar-refractivity contribution in [3.05, 3.63) is 101 Å². The quantitative estimate of drug-likeness (QED) is 0.0515. The number of nitrogens with one attached hydrogen (secondary N) is 1. The van der Waals surface area contributed by atoms with Gasteiger partial charge in [-0.1, -0.05) is 47.6 Å². The molecule has 0 spiro atoms. The Morgan fingerprint density at radius 3 is 1.92 bits per heavy atom. The minimum absolute atomic E-state index is 0.345. The van der Waals surface area contributed by atoms with E-state index >= 15 is 0 Å². The number of carbonyl (C=O) groups excluding carboxylic acids is 1. The van der Waals surface area contributed by atoms with Crippen molar-refractivity contribution in [3.63, 3.8) is 0 Å².